The summed E-state index contributed by atoms with van der Waals surface area (Å²) < 4.78 is 30.8. The van der Waals surface area contributed by atoms with Crippen molar-refractivity contribution in [3.05, 3.63) is 59.7 Å². The largest absolute Gasteiger partial charge is 0.497 e. The molecule has 1 heterocycles. The van der Waals surface area contributed by atoms with Gasteiger partial charge < -0.3 is 4.74 Å². The first kappa shape index (κ1) is 13.6. The van der Waals surface area contributed by atoms with Gasteiger partial charge in [-0.05, 0) is 29.8 Å². The molecule has 5 nitrogen and oxygen atoms in total. The third kappa shape index (κ3) is 2.17. The standard InChI is InChI=1S/C15H13NO4S/c1-20-12-8-6-11(7-9-12)10-16-15(17)13-4-2-3-5-14(13)21(16,18)19/h2-9H,10H2,1H3. The molecule has 3 rings (SSSR count). The predicted octanol–water partition coefficient (Wildman–Crippen LogP) is 2.04. The van der Waals surface area contributed by atoms with Gasteiger partial charge in [0.2, 0.25) is 0 Å². The van der Waals surface area contributed by atoms with Gasteiger partial charge in [-0.3, -0.25) is 4.79 Å². The summed E-state index contributed by atoms with van der Waals surface area (Å²) in [6, 6.07) is 13.2. The van der Waals surface area contributed by atoms with Crippen LogP contribution in [0.4, 0.5) is 0 Å². The first-order valence-corrected chi connectivity index (χ1v) is 7.77. The summed E-state index contributed by atoms with van der Waals surface area (Å²) in [6.45, 7) is 0.0137. The molecule has 1 amide bonds. The van der Waals surface area contributed by atoms with E-state index in [2.05, 4.69) is 0 Å². The second-order valence-electron chi connectivity index (χ2n) is 4.66. The Balaban J connectivity index is 1.95. The van der Waals surface area contributed by atoms with Crippen LogP contribution in [0.1, 0.15) is 15.9 Å². The fourth-order valence-electron chi connectivity index (χ4n) is 2.28. The predicted molar refractivity (Wildman–Crippen MR) is 76.5 cm³/mol. The van der Waals surface area contributed by atoms with Crippen LogP contribution in [0.3, 0.4) is 0 Å². The molecule has 108 valence electrons. The number of ether oxygens (including phenoxy) is 1. The molecule has 0 aromatic heterocycles. The van der Waals surface area contributed by atoms with Gasteiger partial charge in [-0.1, -0.05) is 24.3 Å². The Labute approximate surface area is 122 Å². The Morgan fingerprint density at radius 3 is 2.33 bits per heavy atom. The van der Waals surface area contributed by atoms with Crippen molar-refractivity contribution in [2.24, 2.45) is 0 Å². The number of carbonyl (C=O) groups is 1. The van der Waals surface area contributed by atoms with Gasteiger partial charge in [0.25, 0.3) is 15.9 Å². The Morgan fingerprint density at radius 2 is 1.71 bits per heavy atom. The zero-order chi connectivity index (χ0) is 15.0. The smallest absolute Gasteiger partial charge is 0.269 e. The van der Waals surface area contributed by atoms with Gasteiger partial charge in [-0.25, -0.2) is 12.7 Å². The number of hydrogen-bond acceptors (Lipinski definition) is 4. The van der Waals surface area contributed by atoms with Crippen molar-refractivity contribution in [3.63, 3.8) is 0 Å². The van der Waals surface area contributed by atoms with E-state index < -0.39 is 15.9 Å². The Morgan fingerprint density at radius 1 is 1.05 bits per heavy atom. The van der Waals surface area contributed by atoms with Crippen LogP contribution < -0.4 is 4.74 Å². The topological polar surface area (TPSA) is 63.7 Å². The number of hydrogen-bond donors (Lipinski definition) is 0. The van der Waals surface area contributed by atoms with Gasteiger partial charge in [-0.2, -0.15) is 0 Å². The van der Waals surface area contributed by atoms with E-state index in [4.69, 9.17) is 4.74 Å². The number of fused-ring (bicyclic) bond motifs is 1. The number of rotatable bonds is 3. The van der Waals surface area contributed by atoms with Crippen LogP contribution in [0.5, 0.6) is 5.75 Å². The lowest BCUT2D eigenvalue weighted by molar-refractivity contribution is 0.0865. The maximum Gasteiger partial charge on any atom is 0.269 e. The molecule has 2 aromatic rings. The minimum atomic E-state index is -3.76. The third-order valence-electron chi connectivity index (χ3n) is 3.40. The van der Waals surface area contributed by atoms with Gasteiger partial charge in [0.1, 0.15) is 10.6 Å². The summed E-state index contributed by atoms with van der Waals surface area (Å²) in [4.78, 5) is 12.3. The van der Waals surface area contributed by atoms with E-state index in [0.717, 1.165) is 9.87 Å². The van der Waals surface area contributed by atoms with Crippen LogP contribution in [0.25, 0.3) is 0 Å². The Kier molecular flexibility index (Phi) is 3.17. The molecule has 1 aliphatic heterocycles. The molecule has 0 spiro atoms. The van der Waals surface area contributed by atoms with E-state index in [0.29, 0.717) is 5.75 Å². The zero-order valence-electron chi connectivity index (χ0n) is 11.3. The summed E-state index contributed by atoms with van der Waals surface area (Å²) in [5.41, 5.74) is 0.951. The average Bonchev–Trinajstić information content (AvgIpc) is 2.70. The van der Waals surface area contributed by atoms with Crippen molar-refractivity contribution in [3.8, 4) is 5.75 Å². The molecule has 0 bridgehead atoms. The normalized spacial score (nSPS) is 15.9. The first-order valence-electron chi connectivity index (χ1n) is 6.33. The number of benzene rings is 2. The Hall–Kier alpha value is -2.34. The molecule has 1 aliphatic rings. The molecule has 0 aliphatic carbocycles. The highest BCUT2D eigenvalue weighted by Crippen LogP contribution is 2.31. The summed E-state index contributed by atoms with van der Waals surface area (Å²) in [6.07, 6.45) is 0. The van der Waals surface area contributed by atoms with Crippen molar-refractivity contribution < 1.29 is 17.9 Å². The number of methoxy groups -OCH3 is 1. The van der Waals surface area contributed by atoms with E-state index in [9.17, 15) is 13.2 Å². The highest BCUT2D eigenvalue weighted by atomic mass is 32.2. The molecule has 6 heteroatoms. The van der Waals surface area contributed by atoms with Crippen LogP contribution in [0.2, 0.25) is 0 Å². The van der Waals surface area contributed by atoms with Crippen LogP contribution >= 0.6 is 0 Å². The number of amides is 1. The van der Waals surface area contributed by atoms with Gasteiger partial charge in [0, 0.05) is 0 Å². The molecule has 0 saturated carbocycles. The van der Waals surface area contributed by atoms with E-state index in [-0.39, 0.29) is 17.0 Å². The van der Waals surface area contributed by atoms with Gasteiger partial charge in [-0.15, -0.1) is 0 Å². The molecule has 0 saturated heterocycles. The molecular weight excluding hydrogens is 290 g/mol. The highest BCUT2D eigenvalue weighted by molar-refractivity contribution is 7.90. The second-order valence-corrected chi connectivity index (χ2v) is 6.49. The van der Waals surface area contributed by atoms with E-state index in [1.807, 2.05) is 0 Å². The van der Waals surface area contributed by atoms with Crippen molar-refractivity contribution in [1.82, 2.24) is 4.31 Å². The minimum Gasteiger partial charge on any atom is -0.497 e. The molecule has 0 atom stereocenters. The fraction of sp³-hybridized carbons (Fsp3) is 0.133. The monoisotopic (exact) mass is 303 g/mol. The summed E-state index contributed by atoms with van der Waals surface area (Å²) in [7, 11) is -2.20. The van der Waals surface area contributed by atoms with Crippen molar-refractivity contribution in [2.75, 3.05) is 7.11 Å². The van der Waals surface area contributed by atoms with Crippen molar-refractivity contribution in [1.29, 1.82) is 0 Å². The maximum absolute atomic E-state index is 12.4. The number of sulfonamides is 1. The summed E-state index contributed by atoms with van der Waals surface area (Å²) in [5, 5.41) is 0. The molecule has 0 radical (unpaired) electrons. The van der Waals surface area contributed by atoms with Crippen LogP contribution in [-0.4, -0.2) is 25.7 Å². The molecular formula is C15H13NO4S. The first-order chi connectivity index (χ1) is 10.0. The van der Waals surface area contributed by atoms with Crippen LogP contribution in [-0.2, 0) is 16.6 Å². The van der Waals surface area contributed by atoms with Crippen LogP contribution in [0, 0.1) is 0 Å². The highest BCUT2D eigenvalue weighted by Gasteiger charge is 2.40. The Bertz CT molecular complexity index is 797. The van der Waals surface area contributed by atoms with Crippen molar-refractivity contribution in [2.45, 2.75) is 11.4 Å². The lowest BCUT2D eigenvalue weighted by Gasteiger charge is -2.15. The number of carbonyl (C=O) groups excluding carboxylic acids is 1. The SMILES string of the molecule is COc1ccc(CN2C(=O)c3ccccc3S2(=O)=O)cc1. The summed E-state index contributed by atoms with van der Waals surface area (Å²) in [5.74, 6) is 0.194. The summed E-state index contributed by atoms with van der Waals surface area (Å²) >= 11 is 0. The molecule has 0 fully saturated rings. The third-order valence-corrected chi connectivity index (χ3v) is 5.18. The van der Waals surface area contributed by atoms with Gasteiger partial charge >= 0.3 is 0 Å². The molecule has 0 unspecified atom stereocenters. The average molecular weight is 303 g/mol. The van der Waals surface area contributed by atoms with E-state index in [1.54, 1.807) is 43.5 Å². The lowest BCUT2D eigenvalue weighted by Crippen LogP contribution is -2.29. The van der Waals surface area contributed by atoms with Gasteiger partial charge in [0.15, 0.2) is 0 Å². The second kappa shape index (κ2) is 4.89. The zero-order valence-corrected chi connectivity index (χ0v) is 12.1. The minimum absolute atomic E-state index is 0.0137. The van der Waals surface area contributed by atoms with Gasteiger partial charge in [0.05, 0.1) is 19.2 Å². The van der Waals surface area contributed by atoms with E-state index >= 15 is 0 Å². The molecule has 0 N–H and O–H groups in total. The quantitative estimate of drug-likeness (QED) is 0.870. The van der Waals surface area contributed by atoms with Crippen molar-refractivity contribution >= 4 is 15.9 Å². The van der Waals surface area contributed by atoms with E-state index in [1.165, 1.54) is 12.1 Å². The molecule has 2 aromatic carbocycles. The maximum atomic E-state index is 12.4. The van der Waals surface area contributed by atoms with Crippen LogP contribution in [0.15, 0.2) is 53.4 Å². The molecule has 21 heavy (non-hydrogen) atoms. The fourth-order valence-corrected chi connectivity index (χ4v) is 3.84. The number of nitrogens with zero attached hydrogens (tertiary/aromatic N) is 1. The lowest BCUT2D eigenvalue weighted by atomic mass is 10.2.